The van der Waals surface area contributed by atoms with Crippen LogP contribution in [0.15, 0.2) is 52.2 Å². The van der Waals surface area contributed by atoms with Crippen LogP contribution in [0.25, 0.3) is 11.1 Å². The highest BCUT2D eigenvalue weighted by Crippen LogP contribution is 2.39. The van der Waals surface area contributed by atoms with Crippen LogP contribution in [0.1, 0.15) is 18.5 Å². The van der Waals surface area contributed by atoms with E-state index in [4.69, 9.17) is 11.6 Å². The van der Waals surface area contributed by atoms with Gasteiger partial charge in [0.25, 0.3) is 0 Å². The lowest BCUT2D eigenvalue weighted by Crippen LogP contribution is -2.64. The van der Waals surface area contributed by atoms with Crippen LogP contribution >= 0.6 is 39.3 Å². The van der Waals surface area contributed by atoms with Crippen LogP contribution in [0.5, 0.6) is 0 Å². The molecule has 1 aromatic carbocycles. The second-order valence-corrected chi connectivity index (χ2v) is 11.1. The summed E-state index contributed by atoms with van der Waals surface area (Å²) in [4.78, 5) is 20.5. The van der Waals surface area contributed by atoms with Crippen LogP contribution in [0, 0.1) is 5.82 Å². The fraction of sp³-hybridized carbons (Fsp3) is 0.348. The van der Waals surface area contributed by atoms with Gasteiger partial charge in [-0.05, 0) is 59.1 Å². The predicted octanol–water partition coefficient (Wildman–Crippen LogP) is 4.62. The van der Waals surface area contributed by atoms with E-state index < -0.39 is 11.4 Å². The molecule has 2 unspecified atom stereocenters. The average molecular weight is 551 g/mol. The number of amides is 1. The number of halogens is 3. The van der Waals surface area contributed by atoms with E-state index in [0.29, 0.717) is 35.6 Å². The molecule has 10 heteroatoms. The smallest absolute Gasteiger partial charge is 0.249 e. The third kappa shape index (κ3) is 4.32. The minimum Gasteiger partial charge on any atom is -0.340 e. The molecular weight excluding hydrogens is 529 g/mol. The Kier molecular flexibility index (Phi) is 6.24. The van der Waals surface area contributed by atoms with Gasteiger partial charge in [0.2, 0.25) is 5.91 Å². The molecule has 0 aliphatic carbocycles. The average Bonchev–Trinajstić information content (AvgIpc) is 3.39. The summed E-state index contributed by atoms with van der Waals surface area (Å²) < 4.78 is 17.0. The first-order chi connectivity index (χ1) is 15.9. The van der Waals surface area contributed by atoms with Crippen LogP contribution in [0.2, 0.25) is 5.02 Å². The van der Waals surface area contributed by atoms with Gasteiger partial charge in [-0.2, -0.15) is 5.10 Å². The maximum Gasteiger partial charge on any atom is 0.249 e. The summed E-state index contributed by atoms with van der Waals surface area (Å²) >= 11 is 11.5. The standard InChI is InChI=1S/C23H22BrClFN5OS/c1-30-12-15(10-29-30)14-2-3-20(18(25)8-14)33-17-4-7-31(13-17)22(32)23(5-6-28-23)21-19(26)9-16(24)11-27-21/h2-3,8-12,17,28H,4-7,13H2,1H3. The van der Waals surface area contributed by atoms with Crippen molar-refractivity contribution in [2.24, 2.45) is 7.05 Å². The lowest BCUT2D eigenvalue weighted by molar-refractivity contribution is -0.141. The Morgan fingerprint density at radius 2 is 2.15 bits per heavy atom. The Hall–Kier alpha value is -1.94. The summed E-state index contributed by atoms with van der Waals surface area (Å²) in [6.07, 6.45) is 6.68. The van der Waals surface area contributed by atoms with Crippen molar-refractivity contribution in [3.05, 3.63) is 63.9 Å². The number of aromatic nitrogens is 3. The van der Waals surface area contributed by atoms with Crippen molar-refractivity contribution < 1.29 is 9.18 Å². The van der Waals surface area contributed by atoms with Crippen LogP contribution < -0.4 is 5.32 Å². The molecule has 1 amide bonds. The van der Waals surface area contributed by atoms with Gasteiger partial charge < -0.3 is 4.90 Å². The number of pyridine rings is 1. The molecule has 2 saturated heterocycles. The highest BCUT2D eigenvalue weighted by Gasteiger charge is 2.51. The minimum absolute atomic E-state index is 0.108. The third-order valence-corrected chi connectivity index (χ3v) is 8.39. The summed E-state index contributed by atoms with van der Waals surface area (Å²) in [5, 5.41) is 8.28. The van der Waals surface area contributed by atoms with Crippen molar-refractivity contribution in [1.82, 2.24) is 25.0 Å². The first-order valence-corrected chi connectivity index (χ1v) is 12.7. The number of hydrogen-bond donors (Lipinski definition) is 1. The molecule has 2 aliphatic rings. The van der Waals surface area contributed by atoms with Crippen LogP contribution in [-0.4, -0.2) is 50.5 Å². The van der Waals surface area contributed by atoms with Crippen molar-refractivity contribution in [1.29, 1.82) is 0 Å². The van der Waals surface area contributed by atoms with E-state index in [-0.39, 0.29) is 16.9 Å². The molecule has 0 radical (unpaired) electrons. The Morgan fingerprint density at radius 1 is 1.33 bits per heavy atom. The number of aryl methyl sites for hydroxylation is 1. The molecule has 6 nitrogen and oxygen atoms in total. The molecule has 1 N–H and O–H groups in total. The molecule has 33 heavy (non-hydrogen) atoms. The van der Waals surface area contributed by atoms with Gasteiger partial charge in [0.1, 0.15) is 17.1 Å². The number of likely N-dealkylation sites (tertiary alicyclic amines) is 1. The van der Waals surface area contributed by atoms with E-state index in [2.05, 4.69) is 31.3 Å². The third-order valence-electron chi connectivity index (χ3n) is 6.20. The van der Waals surface area contributed by atoms with Crippen molar-refractivity contribution >= 4 is 45.2 Å². The van der Waals surface area contributed by atoms with Crippen LogP contribution in [0.4, 0.5) is 4.39 Å². The lowest BCUT2D eigenvalue weighted by atomic mass is 9.82. The molecule has 2 fully saturated rings. The number of thioether (sulfide) groups is 1. The molecular formula is C23H22BrClFN5OS. The van der Waals surface area contributed by atoms with Gasteiger partial charge in [0, 0.05) is 52.7 Å². The van der Waals surface area contributed by atoms with Crippen molar-refractivity contribution in [2.75, 3.05) is 19.6 Å². The summed E-state index contributed by atoms with van der Waals surface area (Å²) in [5.41, 5.74) is 1.13. The fourth-order valence-electron chi connectivity index (χ4n) is 4.39. The summed E-state index contributed by atoms with van der Waals surface area (Å²) in [6.45, 7) is 1.88. The van der Waals surface area contributed by atoms with Gasteiger partial charge in [0.15, 0.2) is 0 Å². The molecule has 3 aromatic rings. The number of hydrogen-bond acceptors (Lipinski definition) is 5. The highest BCUT2D eigenvalue weighted by molar-refractivity contribution is 9.10. The normalized spacial score (nSPS) is 22.4. The maximum absolute atomic E-state index is 14.7. The van der Waals surface area contributed by atoms with Gasteiger partial charge in [0.05, 0.1) is 11.2 Å². The van der Waals surface area contributed by atoms with Crippen LogP contribution in [0.3, 0.4) is 0 Å². The summed E-state index contributed by atoms with van der Waals surface area (Å²) in [7, 11) is 1.88. The Morgan fingerprint density at radius 3 is 2.79 bits per heavy atom. The fourth-order valence-corrected chi connectivity index (χ4v) is 6.17. The van der Waals surface area contributed by atoms with E-state index in [9.17, 15) is 9.18 Å². The number of rotatable bonds is 5. The van der Waals surface area contributed by atoms with E-state index in [0.717, 1.165) is 22.4 Å². The van der Waals surface area contributed by atoms with Gasteiger partial charge in [-0.25, -0.2) is 4.39 Å². The molecule has 0 spiro atoms. The van der Waals surface area contributed by atoms with Crippen molar-refractivity contribution in [3.63, 3.8) is 0 Å². The van der Waals surface area contributed by atoms with Crippen LogP contribution in [-0.2, 0) is 17.4 Å². The SMILES string of the molecule is Cn1cc(-c2ccc(SC3CCN(C(=O)C4(c5ncc(Br)cc5F)CCN4)C3)c(Cl)c2)cn1. The minimum atomic E-state index is -1.08. The number of nitrogens with zero attached hydrogens (tertiary/aromatic N) is 4. The van der Waals surface area contributed by atoms with E-state index in [1.165, 1.54) is 12.3 Å². The second kappa shape index (κ2) is 9.02. The summed E-state index contributed by atoms with van der Waals surface area (Å²) in [6, 6.07) is 7.37. The first-order valence-electron chi connectivity index (χ1n) is 10.7. The van der Waals surface area contributed by atoms with Gasteiger partial charge in [-0.15, -0.1) is 11.8 Å². The molecule has 5 rings (SSSR count). The zero-order valence-corrected chi connectivity index (χ0v) is 21.1. The molecule has 4 heterocycles. The zero-order chi connectivity index (χ0) is 23.2. The molecule has 0 saturated carbocycles. The first kappa shape index (κ1) is 22.8. The monoisotopic (exact) mass is 549 g/mol. The Balaban J connectivity index is 1.28. The molecule has 0 bridgehead atoms. The zero-order valence-electron chi connectivity index (χ0n) is 17.9. The number of nitrogens with one attached hydrogen (secondary N) is 1. The van der Waals surface area contributed by atoms with E-state index in [1.54, 1.807) is 16.4 Å². The van der Waals surface area contributed by atoms with E-state index >= 15 is 0 Å². The number of carbonyl (C=O) groups is 1. The Labute approximate surface area is 209 Å². The van der Waals surface area contributed by atoms with Gasteiger partial charge in [-0.1, -0.05) is 17.7 Å². The topological polar surface area (TPSA) is 63.1 Å². The summed E-state index contributed by atoms with van der Waals surface area (Å²) in [5.74, 6) is -0.584. The molecule has 2 atom stereocenters. The molecule has 2 aliphatic heterocycles. The Bertz CT molecular complexity index is 1220. The van der Waals surface area contributed by atoms with Crippen molar-refractivity contribution in [3.8, 4) is 11.1 Å². The highest BCUT2D eigenvalue weighted by atomic mass is 79.9. The quantitative estimate of drug-likeness (QED) is 0.502. The largest absolute Gasteiger partial charge is 0.340 e. The second-order valence-electron chi connectivity index (χ2n) is 8.39. The predicted molar refractivity (Wildman–Crippen MR) is 131 cm³/mol. The van der Waals surface area contributed by atoms with Crippen molar-refractivity contribution in [2.45, 2.75) is 28.5 Å². The number of benzene rings is 1. The number of carbonyl (C=O) groups excluding carboxylic acids is 1. The van der Waals surface area contributed by atoms with Gasteiger partial charge >= 0.3 is 0 Å². The van der Waals surface area contributed by atoms with Gasteiger partial charge in [-0.3, -0.25) is 19.8 Å². The maximum atomic E-state index is 14.7. The lowest BCUT2D eigenvalue weighted by Gasteiger charge is -2.43. The molecule has 172 valence electrons. The van der Waals surface area contributed by atoms with E-state index in [1.807, 2.05) is 42.5 Å². The molecule has 2 aromatic heterocycles.